The van der Waals surface area contributed by atoms with Crippen LogP contribution in [0.15, 0.2) is 28.7 Å². The molecule has 2 aromatic rings. The summed E-state index contributed by atoms with van der Waals surface area (Å²) in [4.78, 5) is 0. The lowest BCUT2D eigenvalue weighted by molar-refractivity contribution is 0.0644. The predicted molar refractivity (Wildman–Crippen MR) is 86.1 cm³/mol. The summed E-state index contributed by atoms with van der Waals surface area (Å²) in [5.74, 6) is 3.45. The summed E-state index contributed by atoms with van der Waals surface area (Å²) in [6, 6.07) is 7.95. The fourth-order valence-corrected chi connectivity index (χ4v) is 3.90. The zero-order valence-corrected chi connectivity index (χ0v) is 13.2. The summed E-state index contributed by atoms with van der Waals surface area (Å²) >= 11 is 1.81. The van der Waals surface area contributed by atoms with E-state index in [-0.39, 0.29) is 6.04 Å². The zero-order valence-electron chi connectivity index (χ0n) is 12.4. The molecule has 0 spiro atoms. The van der Waals surface area contributed by atoms with E-state index < -0.39 is 5.60 Å². The molecule has 1 aromatic heterocycles. The smallest absolute Gasteiger partial charge is 0.176 e. The van der Waals surface area contributed by atoms with Crippen LogP contribution in [0.5, 0.6) is 5.75 Å². The van der Waals surface area contributed by atoms with Crippen molar-refractivity contribution in [3.05, 3.63) is 30.0 Å². The molecule has 2 atom stereocenters. The third-order valence-corrected chi connectivity index (χ3v) is 5.23. The normalized spacial score (nSPS) is 23.6. The van der Waals surface area contributed by atoms with Gasteiger partial charge in [0.25, 0.3) is 0 Å². The molecule has 1 fully saturated rings. The molecule has 3 rings (SSSR count). The van der Waals surface area contributed by atoms with E-state index in [1.54, 1.807) is 7.11 Å². The number of fused-ring (bicyclic) bond motifs is 1. The fourth-order valence-electron chi connectivity index (χ4n) is 2.61. The predicted octanol–water partition coefficient (Wildman–Crippen LogP) is 2.96. The number of aliphatic hydroxyl groups is 1. The van der Waals surface area contributed by atoms with Crippen LogP contribution in [0.3, 0.4) is 0 Å². The third-order valence-electron chi connectivity index (χ3n) is 3.99. The van der Waals surface area contributed by atoms with Crippen LogP contribution in [-0.4, -0.2) is 35.9 Å². The van der Waals surface area contributed by atoms with Gasteiger partial charge < -0.3 is 19.6 Å². The van der Waals surface area contributed by atoms with Crippen molar-refractivity contribution >= 4 is 22.7 Å². The van der Waals surface area contributed by atoms with Gasteiger partial charge in [0.15, 0.2) is 11.3 Å². The number of para-hydroxylation sites is 1. The van der Waals surface area contributed by atoms with Gasteiger partial charge in [-0.1, -0.05) is 12.1 Å². The van der Waals surface area contributed by atoms with Gasteiger partial charge in [-0.05, 0) is 31.2 Å². The molecule has 0 bridgehead atoms. The molecule has 4 nitrogen and oxygen atoms in total. The lowest BCUT2D eigenvalue weighted by Crippen LogP contribution is -2.41. The lowest BCUT2D eigenvalue weighted by Gasteiger charge is -2.23. The summed E-state index contributed by atoms with van der Waals surface area (Å²) < 4.78 is 11.2. The first kappa shape index (κ1) is 14.8. The summed E-state index contributed by atoms with van der Waals surface area (Å²) in [5, 5.41) is 14.8. The lowest BCUT2D eigenvalue weighted by atomic mass is 10.0. The van der Waals surface area contributed by atoms with E-state index in [9.17, 15) is 5.11 Å². The number of nitrogens with one attached hydrogen (secondary N) is 1. The second-order valence-electron chi connectivity index (χ2n) is 5.66. The molecule has 114 valence electrons. The van der Waals surface area contributed by atoms with Gasteiger partial charge in [-0.15, -0.1) is 0 Å². The Morgan fingerprint density at radius 1 is 1.52 bits per heavy atom. The van der Waals surface area contributed by atoms with Crippen LogP contribution in [0.4, 0.5) is 0 Å². The molecule has 2 heterocycles. The minimum atomic E-state index is -0.581. The van der Waals surface area contributed by atoms with Crippen molar-refractivity contribution in [2.24, 2.45) is 0 Å². The van der Waals surface area contributed by atoms with Gasteiger partial charge in [-0.2, -0.15) is 11.8 Å². The van der Waals surface area contributed by atoms with Gasteiger partial charge in [0.05, 0.1) is 18.8 Å². The molecule has 0 saturated carbocycles. The standard InChI is InChI=1S/C16H21NO3S/c1-11(17-9-16(18)6-7-21-10-16)14-8-12-4-3-5-13(19-2)15(12)20-14/h3-5,8,11,17-18H,6-7,9-10H2,1-2H3/t11-,16-/m0/s1. The van der Waals surface area contributed by atoms with Crippen molar-refractivity contribution in [2.75, 3.05) is 25.2 Å². The molecule has 1 aromatic carbocycles. The largest absolute Gasteiger partial charge is 0.493 e. The van der Waals surface area contributed by atoms with Crippen LogP contribution in [0.1, 0.15) is 25.1 Å². The highest BCUT2D eigenvalue weighted by Gasteiger charge is 2.32. The zero-order chi connectivity index (χ0) is 14.9. The first-order chi connectivity index (χ1) is 10.1. The number of benzene rings is 1. The van der Waals surface area contributed by atoms with E-state index in [0.717, 1.165) is 40.4 Å². The second kappa shape index (κ2) is 5.91. The van der Waals surface area contributed by atoms with Gasteiger partial charge in [0.2, 0.25) is 0 Å². The molecule has 2 N–H and O–H groups in total. The van der Waals surface area contributed by atoms with Gasteiger partial charge in [0, 0.05) is 17.7 Å². The molecule has 5 heteroatoms. The van der Waals surface area contributed by atoms with E-state index in [1.807, 2.05) is 36.0 Å². The first-order valence-electron chi connectivity index (χ1n) is 7.21. The number of methoxy groups -OCH3 is 1. The van der Waals surface area contributed by atoms with E-state index in [1.165, 1.54) is 0 Å². The van der Waals surface area contributed by atoms with Crippen LogP contribution in [0.25, 0.3) is 11.0 Å². The highest BCUT2D eigenvalue weighted by molar-refractivity contribution is 7.99. The molecule has 1 aliphatic heterocycles. The van der Waals surface area contributed by atoms with Gasteiger partial charge in [0.1, 0.15) is 5.76 Å². The van der Waals surface area contributed by atoms with Crippen molar-refractivity contribution in [3.8, 4) is 5.75 Å². The van der Waals surface area contributed by atoms with Crippen LogP contribution in [0.2, 0.25) is 0 Å². The SMILES string of the molecule is COc1cccc2cc([C@H](C)NC[C@@]3(O)CCSC3)oc12. The van der Waals surface area contributed by atoms with E-state index in [2.05, 4.69) is 12.2 Å². The molecule has 1 saturated heterocycles. The number of rotatable bonds is 5. The van der Waals surface area contributed by atoms with Crippen molar-refractivity contribution < 1.29 is 14.3 Å². The molecule has 1 aliphatic rings. The number of hydrogen-bond donors (Lipinski definition) is 2. The highest BCUT2D eigenvalue weighted by atomic mass is 32.2. The topological polar surface area (TPSA) is 54.6 Å². The van der Waals surface area contributed by atoms with Gasteiger partial charge in [-0.3, -0.25) is 0 Å². The molecule has 0 aliphatic carbocycles. The molecular weight excluding hydrogens is 286 g/mol. The minimum absolute atomic E-state index is 0.0525. The molecule has 0 amide bonds. The van der Waals surface area contributed by atoms with Crippen LogP contribution >= 0.6 is 11.8 Å². The van der Waals surface area contributed by atoms with Crippen molar-refractivity contribution in [1.29, 1.82) is 0 Å². The number of ether oxygens (including phenoxy) is 1. The first-order valence-corrected chi connectivity index (χ1v) is 8.37. The number of furan rings is 1. The Labute approximate surface area is 128 Å². The average molecular weight is 307 g/mol. The number of thioether (sulfide) groups is 1. The Kier molecular flexibility index (Phi) is 4.15. The molecule has 0 unspecified atom stereocenters. The van der Waals surface area contributed by atoms with E-state index in [0.29, 0.717) is 6.54 Å². The van der Waals surface area contributed by atoms with E-state index >= 15 is 0 Å². The Morgan fingerprint density at radius 3 is 3.10 bits per heavy atom. The summed E-state index contributed by atoms with van der Waals surface area (Å²) in [5.41, 5.74) is 0.196. The summed E-state index contributed by atoms with van der Waals surface area (Å²) in [6.45, 7) is 2.64. The van der Waals surface area contributed by atoms with Crippen LogP contribution in [0, 0.1) is 0 Å². The maximum Gasteiger partial charge on any atom is 0.176 e. The molecule has 21 heavy (non-hydrogen) atoms. The Bertz CT molecular complexity index is 619. The Balaban J connectivity index is 1.74. The molecule has 0 radical (unpaired) electrons. The van der Waals surface area contributed by atoms with Crippen molar-refractivity contribution in [2.45, 2.75) is 25.0 Å². The quantitative estimate of drug-likeness (QED) is 0.889. The van der Waals surface area contributed by atoms with E-state index in [4.69, 9.17) is 9.15 Å². The third kappa shape index (κ3) is 3.05. The minimum Gasteiger partial charge on any atom is -0.493 e. The number of hydrogen-bond acceptors (Lipinski definition) is 5. The van der Waals surface area contributed by atoms with Gasteiger partial charge in [-0.25, -0.2) is 0 Å². The van der Waals surface area contributed by atoms with Crippen molar-refractivity contribution in [1.82, 2.24) is 5.32 Å². The summed E-state index contributed by atoms with van der Waals surface area (Å²) in [7, 11) is 1.64. The highest BCUT2D eigenvalue weighted by Crippen LogP contribution is 2.32. The van der Waals surface area contributed by atoms with Gasteiger partial charge >= 0.3 is 0 Å². The monoisotopic (exact) mass is 307 g/mol. The Morgan fingerprint density at radius 2 is 2.38 bits per heavy atom. The second-order valence-corrected chi connectivity index (χ2v) is 6.76. The molecular formula is C16H21NO3S. The van der Waals surface area contributed by atoms with Crippen molar-refractivity contribution in [3.63, 3.8) is 0 Å². The summed E-state index contributed by atoms with van der Waals surface area (Å²) in [6.07, 6.45) is 0.853. The maximum atomic E-state index is 10.4. The average Bonchev–Trinajstić information content (AvgIpc) is 3.11. The Hall–Kier alpha value is -1.17. The fraction of sp³-hybridized carbons (Fsp3) is 0.500. The van der Waals surface area contributed by atoms with Crippen LogP contribution < -0.4 is 10.1 Å². The maximum absolute atomic E-state index is 10.4. The van der Waals surface area contributed by atoms with Crippen LogP contribution in [-0.2, 0) is 0 Å².